The largest absolute Gasteiger partial charge is 0.399 e. The standard InChI is InChI=1S/C15H19N3O2S/c1-10-5-3-4-6-13(10)11(2)18-14-8-7-12(16)9-15(14)21(17,19)20/h3-9,11,18H,16H2,1-2H3,(H2,17,19,20). The highest BCUT2D eigenvalue weighted by Gasteiger charge is 2.17. The molecule has 2 aromatic carbocycles. The van der Waals surface area contributed by atoms with Crippen molar-refractivity contribution in [3.8, 4) is 0 Å². The highest BCUT2D eigenvalue weighted by molar-refractivity contribution is 7.89. The molecular formula is C15H19N3O2S. The summed E-state index contributed by atoms with van der Waals surface area (Å²) in [5.74, 6) is 0. The van der Waals surface area contributed by atoms with E-state index in [4.69, 9.17) is 10.9 Å². The third-order valence-corrected chi connectivity index (χ3v) is 4.29. The maximum atomic E-state index is 11.7. The van der Waals surface area contributed by atoms with Crippen molar-refractivity contribution in [2.75, 3.05) is 11.1 Å². The van der Waals surface area contributed by atoms with Gasteiger partial charge in [0.15, 0.2) is 0 Å². The molecule has 112 valence electrons. The number of sulfonamides is 1. The lowest BCUT2D eigenvalue weighted by Crippen LogP contribution is -2.17. The van der Waals surface area contributed by atoms with E-state index < -0.39 is 10.0 Å². The Kier molecular flexibility index (Phi) is 4.20. The van der Waals surface area contributed by atoms with Crippen molar-refractivity contribution in [2.45, 2.75) is 24.8 Å². The van der Waals surface area contributed by atoms with E-state index in [0.717, 1.165) is 11.1 Å². The number of anilines is 2. The molecule has 2 aromatic rings. The van der Waals surface area contributed by atoms with Crippen LogP contribution in [0.4, 0.5) is 11.4 Å². The Balaban J connectivity index is 2.39. The quantitative estimate of drug-likeness (QED) is 0.755. The van der Waals surface area contributed by atoms with Gasteiger partial charge in [-0.05, 0) is 43.2 Å². The van der Waals surface area contributed by atoms with E-state index in [9.17, 15) is 8.42 Å². The number of nitrogens with one attached hydrogen (secondary N) is 1. The molecule has 0 bridgehead atoms. The van der Waals surface area contributed by atoms with Crippen LogP contribution < -0.4 is 16.2 Å². The minimum atomic E-state index is -3.84. The van der Waals surface area contributed by atoms with Crippen LogP contribution in [0.2, 0.25) is 0 Å². The molecule has 0 radical (unpaired) electrons. The predicted octanol–water partition coefficient (Wildman–Crippen LogP) is 2.40. The fourth-order valence-electron chi connectivity index (χ4n) is 2.28. The van der Waals surface area contributed by atoms with E-state index in [1.54, 1.807) is 12.1 Å². The number of benzene rings is 2. The van der Waals surface area contributed by atoms with E-state index in [1.807, 2.05) is 38.1 Å². The van der Waals surface area contributed by atoms with Crippen LogP contribution in [-0.4, -0.2) is 8.42 Å². The van der Waals surface area contributed by atoms with Crippen LogP contribution in [0.5, 0.6) is 0 Å². The SMILES string of the molecule is Cc1ccccc1C(C)Nc1ccc(N)cc1S(N)(=O)=O. The molecule has 0 aliphatic heterocycles. The molecule has 0 spiro atoms. The van der Waals surface area contributed by atoms with Gasteiger partial charge in [0, 0.05) is 11.7 Å². The minimum Gasteiger partial charge on any atom is -0.399 e. The zero-order chi connectivity index (χ0) is 15.6. The number of hydrogen-bond donors (Lipinski definition) is 3. The van der Waals surface area contributed by atoms with E-state index in [0.29, 0.717) is 11.4 Å². The molecule has 21 heavy (non-hydrogen) atoms. The van der Waals surface area contributed by atoms with Crippen LogP contribution in [0.3, 0.4) is 0 Å². The normalized spacial score (nSPS) is 12.9. The summed E-state index contributed by atoms with van der Waals surface area (Å²) in [6.07, 6.45) is 0. The van der Waals surface area contributed by atoms with Gasteiger partial charge >= 0.3 is 0 Å². The molecular weight excluding hydrogens is 286 g/mol. The second kappa shape index (κ2) is 5.75. The maximum absolute atomic E-state index is 11.7. The summed E-state index contributed by atoms with van der Waals surface area (Å²) in [6, 6.07) is 12.5. The highest BCUT2D eigenvalue weighted by atomic mass is 32.2. The van der Waals surface area contributed by atoms with Gasteiger partial charge in [-0.1, -0.05) is 24.3 Å². The summed E-state index contributed by atoms with van der Waals surface area (Å²) in [7, 11) is -3.84. The second-order valence-corrected chi connectivity index (χ2v) is 6.55. The topological polar surface area (TPSA) is 98.2 Å². The second-order valence-electron chi connectivity index (χ2n) is 5.02. The van der Waals surface area contributed by atoms with Crippen molar-refractivity contribution >= 4 is 21.4 Å². The summed E-state index contributed by atoms with van der Waals surface area (Å²) in [4.78, 5) is 0.00272. The van der Waals surface area contributed by atoms with Gasteiger partial charge in [0.2, 0.25) is 10.0 Å². The van der Waals surface area contributed by atoms with Crippen molar-refractivity contribution in [1.82, 2.24) is 0 Å². The van der Waals surface area contributed by atoms with Crippen molar-refractivity contribution in [3.63, 3.8) is 0 Å². The maximum Gasteiger partial charge on any atom is 0.240 e. The van der Waals surface area contributed by atoms with Crippen LogP contribution in [0.25, 0.3) is 0 Å². The number of nitrogen functional groups attached to an aromatic ring is 1. The third-order valence-electron chi connectivity index (χ3n) is 3.34. The molecule has 0 heterocycles. The van der Waals surface area contributed by atoms with Crippen LogP contribution in [-0.2, 0) is 10.0 Å². The van der Waals surface area contributed by atoms with E-state index >= 15 is 0 Å². The van der Waals surface area contributed by atoms with Crippen LogP contribution in [0.1, 0.15) is 24.1 Å². The summed E-state index contributed by atoms with van der Waals surface area (Å²) in [5.41, 5.74) is 8.67. The molecule has 5 nitrogen and oxygen atoms in total. The van der Waals surface area contributed by atoms with Gasteiger partial charge in [0.25, 0.3) is 0 Å². The lowest BCUT2D eigenvalue weighted by atomic mass is 10.0. The third kappa shape index (κ3) is 3.53. The van der Waals surface area contributed by atoms with Gasteiger partial charge in [-0.3, -0.25) is 0 Å². The summed E-state index contributed by atoms with van der Waals surface area (Å²) >= 11 is 0. The fourth-order valence-corrected chi connectivity index (χ4v) is 3.01. The molecule has 5 N–H and O–H groups in total. The van der Waals surface area contributed by atoms with Gasteiger partial charge < -0.3 is 11.1 Å². The van der Waals surface area contributed by atoms with Crippen LogP contribution >= 0.6 is 0 Å². The lowest BCUT2D eigenvalue weighted by Gasteiger charge is -2.19. The van der Waals surface area contributed by atoms with Crippen molar-refractivity contribution in [3.05, 3.63) is 53.6 Å². The Morgan fingerprint density at radius 2 is 1.81 bits per heavy atom. The summed E-state index contributed by atoms with van der Waals surface area (Å²) < 4.78 is 23.3. The van der Waals surface area contributed by atoms with Crippen LogP contribution in [0, 0.1) is 6.92 Å². The summed E-state index contributed by atoms with van der Waals surface area (Å²) in [6.45, 7) is 3.97. The lowest BCUT2D eigenvalue weighted by molar-refractivity contribution is 0.598. The number of aryl methyl sites for hydroxylation is 1. The first-order chi connectivity index (χ1) is 9.79. The van der Waals surface area contributed by atoms with Gasteiger partial charge in [0.05, 0.1) is 5.69 Å². The number of hydrogen-bond acceptors (Lipinski definition) is 4. The first-order valence-corrected chi connectivity index (χ1v) is 8.08. The van der Waals surface area contributed by atoms with Gasteiger partial charge in [0.1, 0.15) is 4.90 Å². The molecule has 1 atom stereocenters. The Morgan fingerprint density at radius 3 is 2.43 bits per heavy atom. The van der Waals surface area contributed by atoms with Gasteiger partial charge in [-0.15, -0.1) is 0 Å². The van der Waals surface area contributed by atoms with Gasteiger partial charge in [-0.25, -0.2) is 13.6 Å². The molecule has 0 fully saturated rings. The zero-order valence-electron chi connectivity index (χ0n) is 12.0. The number of primary sulfonamides is 1. The predicted molar refractivity (Wildman–Crippen MR) is 85.4 cm³/mol. The van der Waals surface area contributed by atoms with Crippen molar-refractivity contribution < 1.29 is 8.42 Å². The van der Waals surface area contributed by atoms with Gasteiger partial charge in [-0.2, -0.15) is 0 Å². The molecule has 0 amide bonds. The van der Waals surface area contributed by atoms with Crippen molar-refractivity contribution in [1.29, 1.82) is 0 Å². The zero-order valence-corrected chi connectivity index (χ0v) is 12.8. The molecule has 0 aliphatic carbocycles. The smallest absolute Gasteiger partial charge is 0.240 e. The van der Waals surface area contributed by atoms with E-state index in [-0.39, 0.29) is 10.9 Å². The molecule has 1 unspecified atom stereocenters. The Morgan fingerprint density at radius 1 is 1.14 bits per heavy atom. The first-order valence-electron chi connectivity index (χ1n) is 6.53. The highest BCUT2D eigenvalue weighted by Crippen LogP contribution is 2.28. The Bertz CT molecular complexity index is 757. The van der Waals surface area contributed by atoms with E-state index in [1.165, 1.54) is 6.07 Å². The first kappa shape index (κ1) is 15.3. The van der Waals surface area contributed by atoms with E-state index in [2.05, 4.69) is 5.32 Å². The minimum absolute atomic E-state index is 0.00272. The molecule has 0 saturated carbocycles. The number of nitrogens with two attached hydrogens (primary N) is 2. The van der Waals surface area contributed by atoms with Crippen LogP contribution in [0.15, 0.2) is 47.4 Å². The fraction of sp³-hybridized carbons (Fsp3) is 0.200. The summed E-state index contributed by atoms with van der Waals surface area (Å²) in [5, 5.41) is 8.43. The molecule has 6 heteroatoms. The monoisotopic (exact) mass is 305 g/mol. The Hall–Kier alpha value is -2.05. The number of rotatable bonds is 4. The molecule has 0 aromatic heterocycles. The molecule has 0 saturated heterocycles. The average molecular weight is 305 g/mol. The molecule has 2 rings (SSSR count). The average Bonchev–Trinajstić information content (AvgIpc) is 2.40. The molecule has 0 aliphatic rings. The van der Waals surface area contributed by atoms with Crippen molar-refractivity contribution in [2.24, 2.45) is 5.14 Å². The Labute approximate surface area is 125 Å².